The Morgan fingerprint density at radius 3 is 3.00 bits per heavy atom. The van der Waals surface area contributed by atoms with E-state index in [1.807, 2.05) is 0 Å². The molecule has 22 heavy (non-hydrogen) atoms. The van der Waals surface area contributed by atoms with Crippen LogP contribution in [0.15, 0.2) is 12.4 Å². The van der Waals surface area contributed by atoms with Crippen LogP contribution in [0.4, 0.5) is 5.82 Å². The Bertz CT molecular complexity index is 679. The first-order valence-electron chi connectivity index (χ1n) is 6.95. The van der Waals surface area contributed by atoms with Gasteiger partial charge in [-0.15, -0.1) is 6.07 Å². The minimum Gasteiger partial charge on any atom is -0.381 e. The van der Waals surface area contributed by atoms with Crippen LogP contribution in [0.1, 0.15) is 23.7 Å². The second-order valence-corrected chi connectivity index (χ2v) is 5.30. The van der Waals surface area contributed by atoms with Crippen molar-refractivity contribution in [1.82, 2.24) is 20.3 Å². The Kier molecular flexibility index (Phi) is 5.42. The van der Waals surface area contributed by atoms with Crippen LogP contribution in [0.2, 0.25) is 0 Å². The van der Waals surface area contributed by atoms with E-state index in [0.29, 0.717) is 28.3 Å². The summed E-state index contributed by atoms with van der Waals surface area (Å²) in [5, 5.41) is 6.75. The summed E-state index contributed by atoms with van der Waals surface area (Å²) < 4.78 is 0. The van der Waals surface area contributed by atoms with E-state index < -0.39 is 5.91 Å². The van der Waals surface area contributed by atoms with Crippen molar-refractivity contribution in [1.29, 1.82) is 0 Å². The second kappa shape index (κ2) is 7.11. The van der Waals surface area contributed by atoms with Gasteiger partial charge >= 0.3 is 0 Å². The first-order chi connectivity index (χ1) is 10.2. The molecule has 2 atom stereocenters. The summed E-state index contributed by atoms with van der Waals surface area (Å²) in [7, 11) is 0. The number of nitrogens with two attached hydrogens (primary N) is 1. The third kappa shape index (κ3) is 3.25. The van der Waals surface area contributed by atoms with Crippen molar-refractivity contribution in [2.75, 3.05) is 18.4 Å². The maximum atomic E-state index is 11.5. The first kappa shape index (κ1) is 16.8. The van der Waals surface area contributed by atoms with Crippen molar-refractivity contribution in [3.63, 3.8) is 0 Å². The van der Waals surface area contributed by atoms with Crippen LogP contribution < -0.4 is 16.4 Å². The van der Waals surface area contributed by atoms with Gasteiger partial charge in [-0.3, -0.25) is 9.78 Å². The molecule has 0 aromatic carbocycles. The minimum absolute atomic E-state index is 0. The molecule has 0 spiro atoms. The number of nitrogens with one attached hydrogen (secondary N) is 2. The average molecular weight is 469 g/mol. The average Bonchev–Trinajstić information content (AvgIpc) is 2.49. The number of piperidine rings is 1. The number of carbonyl (C=O) groups excluding carboxylic acids is 1. The minimum atomic E-state index is -0.545. The molecule has 8 heteroatoms. The standard InChI is InChI=1S/C14H17N6O.W/c1-8-2-4-16-6-10(8)20-14-12-11(18-7-19-14)9(13(15)21)3-5-17-12;/h3,7-8,10,16H,2,4,6H2,1H3,(H2,15,21)(H,18,19,20);/q-1;/t8-,10-;/m1./s1. The summed E-state index contributed by atoms with van der Waals surface area (Å²) in [4.78, 5) is 24.0. The molecule has 116 valence electrons. The van der Waals surface area contributed by atoms with Crippen molar-refractivity contribution >= 4 is 22.8 Å². The van der Waals surface area contributed by atoms with Crippen molar-refractivity contribution in [3.8, 4) is 0 Å². The van der Waals surface area contributed by atoms with Gasteiger partial charge in [-0.25, -0.2) is 4.98 Å². The van der Waals surface area contributed by atoms with E-state index in [1.54, 1.807) is 0 Å². The van der Waals surface area contributed by atoms with Crippen LogP contribution in [-0.4, -0.2) is 40.0 Å². The van der Waals surface area contributed by atoms with Gasteiger partial charge in [0.2, 0.25) is 0 Å². The molecule has 1 fully saturated rings. The largest absolute Gasteiger partial charge is 0.381 e. The van der Waals surface area contributed by atoms with Gasteiger partial charge in [0, 0.05) is 39.2 Å². The fraction of sp³-hybridized carbons (Fsp3) is 0.429. The Labute approximate surface area is 142 Å². The topological polar surface area (TPSA) is 106 Å². The quantitative estimate of drug-likeness (QED) is 0.560. The fourth-order valence-electron chi connectivity index (χ4n) is 2.56. The number of fused-ring (bicyclic) bond motifs is 1. The molecule has 4 N–H and O–H groups in total. The number of hydrogen-bond acceptors (Lipinski definition) is 6. The molecule has 7 nitrogen and oxygen atoms in total. The van der Waals surface area contributed by atoms with Gasteiger partial charge in [-0.2, -0.15) is 0 Å². The number of rotatable bonds is 3. The monoisotopic (exact) mass is 469 g/mol. The van der Waals surface area contributed by atoms with E-state index in [1.165, 1.54) is 12.4 Å². The fourth-order valence-corrected chi connectivity index (χ4v) is 2.56. The van der Waals surface area contributed by atoms with Crippen molar-refractivity contribution in [2.45, 2.75) is 19.4 Å². The van der Waals surface area contributed by atoms with Gasteiger partial charge in [-0.1, -0.05) is 13.1 Å². The summed E-state index contributed by atoms with van der Waals surface area (Å²) in [5.41, 5.74) is 6.64. The van der Waals surface area contributed by atoms with E-state index >= 15 is 0 Å². The van der Waals surface area contributed by atoms with Crippen LogP contribution in [0.5, 0.6) is 0 Å². The van der Waals surface area contributed by atoms with Crippen molar-refractivity contribution in [2.24, 2.45) is 11.7 Å². The predicted molar refractivity (Wildman–Crippen MR) is 78.7 cm³/mol. The molecular formula is C14H17N6OW-. The maximum Gasteiger partial charge on any atom is 0.195 e. The zero-order valence-corrected chi connectivity index (χ0v) is 15.1. The molecule has 0 unspecified atom stereocenters. The van der Waals surface area contributed by atoms with Crippen molar-refractivity contribution < 1.29 is 25.9 Å². The van der Waals surface area contributed by atoms with Crippen LogP contribution in [-0.2, 0) is 21.1 Å². The molecule has 1 amide bonds. The van der Waals surface area contributed by atoms with E-state index in [0.717, 1.165) is 19.5 Å². The van der Waals surface area contributed by atoms with E-state index in [-0.39, 0.29) is 27.1 Å². The summed E-state index contributed by atoms with van der Waals surface area (Å²) in [5.74, 6) is 0.593. The number of aromatic nitrogens is 3. The number of carbonyl (C=O) groups is 1. The maximum absolute atomic E-state index is 11.5. The Morgan fingerprint density at radius 1 is 1.45 bits per heavy atom. The van der Waals surface area contributed by atoms with Crippen LogP contribution in [0.25, 0.3) is 11.0 Å². The zero-order valence-electron chi connectivity index (χ0n) is 12.2. The molecule has 0 aliphatic carbocycles. The summed E-state index contributed by atoms with van der Waals surface area (Å²) in [6.07, 6.45) is 5.21. The molecule has 3 heterocycles. The molecule has 2 aromatic rings. The van der Waals surface area contributed by atoms with Gasteiger partial charge in [0.1, 0.15) is 6.33 Å². The van der Waals surface area contributed by atoms with Crippen LogP contribution in [0, 0.1) is 12.1 Å². The molecule has 1 saturated heterocycles. The first-order valence-corrected chi connectivity index (χ1v) is 6.95. The van der Waals surface area contributed by atoms with E-state index in [9.17, 15) is 4.79 Å². The number of anilines is 1. The van der Waals surface area contributed by atoms with Gasteiger partial charge in [-0.05, 0) is 30.0 Å². The van der Waals surface area contributed by atoms with E-state index in [2.05, 4.69) is 38.7 Å². The molecule has 0 bridgehead atoms. The Balaban J connectivity index is 0.00000176. The predicted octanol–water partition coefficient (Wildman–Crippen LogP) is 0.331. The SMILES string of the molecule is C[C@@H]1CCNC[C@H]1Nc1ncnc2c(C(N)=O)c[c-]nc12.[W]. The zero-order chi connectivity index (χ0) is 14.8. The van der Waals surface area contributed by atoms with Gasteiger partial charge < -0.3 is 21.4 Å². The van der Waals surface area contributed by atoms with Crippen molar-refractivity contribution in [3.05, 3.63) is 24.2 Å². The molecule has 1 aliphatic heterocycles. The number of primary amides is 1. The Hall–Kier alpha value is -1.59. The number of hydrogen-bond donors (Lipinski definition) is 3. The van der Waals surface area contributed by atoms with Gasteiger partial charge in [0.05, 0.1) is 5.82 Å². The van der Waals surface area contributed by atoms with E-state index in [4.69, 9.17) is 5.73 Å². The van der Waals surface area contributed by atoms with Crippen LogP contribution in [0.3, 0.4) is 0 Å². The molecule has 1 aliphatic rings. The molecule has 0 radical (unpaired) electrons. The Morgan fingerprint density at radius 2 is 2.27 bits per heavy atom. The third-order valence-corrected chi connectivity index (χ3v) is 3.88. The number of pyridine rings is 1. The number of nitrogens with zero attached hydrogens (tertiary/aromatic N) is 3. The summed E-state index contributed by atoms with van der Waals surface area (Å²) >= 11 is 0. The normalized spacial score (nSPS) is 21.1. The number of amides is 1. The smallest absolute Gasteiger partial charge is 0.195 e. The molecule has 3 rings (SSSR count). The van der Waals surface area contributed by atoms with Gasteiger partial charge in [0.25, 0.3) is 0 Å². The molecule has 0 saturated carbocycles. The molecule has 2 aromatic heterocycles. The van der Waals surface area contributed by atoms with Crippen LogP contribution >= 0.6 is 0 Å². The second-order valence-electron chi connectivity index (χ2n) is 5.30. The third-order valence-electron chi connectivity index (χ3n) is 3.88. The summed E-state index contributed by atoms with van der Waals surface area (Å²) in [6, 6.07) is 1.71. The molecular weight excluding hydrogens is 452 g/mol. The van der Waals surface area contributed by atoms with Gasteiger partial charge in [0.15, 0.2) is 5.91 Å². The summed E-state index contributed by atoms with van der Waals surface area (Å²) in [6.45, 7) is 4.10.